The lowest BCUT2D eigenvalue weighted by Gasteiger charge is -2.15. The van der Waals surface area contributed by atoms with Crippen molar-refractivity contribution in [2.75, 3.05) is 10.7 Å². The summed E-state index contributed by atoms with van der Waals surface area (Å²) in [5, 5.41) is 6.22. The third-order valence-electron chi connectivity index (χ3n) is 3.15. The monoisotopic (exact) mass is 414 g/mol. The van der Waals surface area contributed by atoms with E-state index < -0.39 is 11.9 Å². The summed E-state index contributed by atoms with van der Waals surface area (Å²) in [5.41, 5.74) is 6.10. The van der Waals surface area contributed by atoms with Gasteiger partial charge >= 0.3 is 6.03 Å². The van der Waals surface area contributed by atoms with Gasteiger partial charge in [0.1, 0.15) is 0 Å². The van der Waals surface area contributed by atoms with Gasteiger partial charge in [0.05, 0.1) is 27.0 Å². The molecule has 0 aromatic heterocycles. The van der Waals surface area contributed by atoms with Gasteiger partial charge in [-0.1, -0.05) is 46.9 Å². The standard InChI is InChI=1S/C17H17Cl3N4O2/c1-9(2)21-17(26)22-14-6-4-3-5-11(14)16(25)24-23-15-12(19)7-10(18)8-13(15)20/h3-9,23H,1-2H3,(H,24,25)(H2,21,22,26). The van der Waals surface area contributed by atoms with Gasteiger partial charge in [0, 0.05) is 11.1 Å². The minimum absolute atomic E-state index is 0.0353. The minimum Gasteiger partial charge on any atom is -0.336 e. The van der Waals surface area contributed by atoms with E-state index in [0.717, 1.165) is 0 Å². The van der Waals surface area contributed by atoms with E-state index >= 15 is 0 Å². The van der Waals surface area contributed by atoms with Crippen molar-refractivity contribution >= 4 is 58.1 Å². The summed E-state index contributed by atoms with van der Waals surface area (Å²) in [7, 11) is 0. The number of hydrogen-bond acceptors (Lipinski definition) is 3. The number of para-hydroxylation sites is 1. The van der Waals surface area contributed by atoms with Crippen molar-refractivity contribution in [2.24, 2.45) is 0 Å². The second-order valence-corrected chi connectivity index (χ2v) is 6.87. The van der Waals surface area contributed by atoms with E-state index in [9.17, 15) is 9.59 Å². The van der Waals surface area contributed by atoms with Gasteiger partial charge in [-0.15, -0.1) is 0 Å². The molecule has 26 heavy (non-hydrogen) atoms. The fraction of sp³-hybridized carbons (Fsp3) is 0.176. The smallest absolute Gasteiger partial charge is 0.319 e. The van der Waals surface area contributed by atoms with Crippen LogP contribution in [0.5, 0.6) is 0 Å². The highest BCUT2D eigenvalue weighted by Gasteiger charge is 2.15. The van der Waals surface area contributed by atoms with Crippen molar-refractivity contribution in [3.05, 3.63) is 57.0 Å². The minimum atomic E-state index is -0.479. The molecule has 0 saturated heterocycles. The van der Waals surface area contributed by atoms with E-state index in [4.69, 9.17) is 34.8 Å². The molecule has 0 aliphatic rings. The number of halogens is 3. The van der Waals surface area contributed by atoms with Crippen LogP contribution in [0.15, 0.2) is 36.4 Å². The Kier molecular flexibility index (Phi) is 6.97. The molecule has 0 aliphatic heterocycles. The molecule has 2 rings (SSSR count). The molecule has 2 aromatic rings. The van der Waals surface area contributed by atoms with E-state index in [0.29, 0.717) is 16.4 Å². The van der Waals surface area contributed by atoms with Crippen LogP contribution in [0.3, 0.4) is 0 Å². The van der Waals surface area contributed by atoms with Crippen LogP contribution in [0.25, 0.3) is 0 Å². The van der Waals surface area contributed by atoms with Crippen LogP contribution < -0.4 is 21.5 Å². The summed E-state index contributed by atoms with van der Waals surface area (Å²) in [6.07, 6.45) is 0. The topological polar surface area (TPSA) is 82.3 Å². The number of hydrazine groups is 1. The molecule has 0 heterocycles. The normalized spacial score (nSPS) is 10.4. The summed E-state index contributed by atoms with van der Waals surface area (Å²) < 4.78 is 0. The fourth-order valence-electron chi connectivity index (χ4n) is 2.06. The number of anilines is 2. The number of carbonyl (C=O) groups excluding carboxylic acids is 2. The van der Waals surface area contributed by atoms with Gasteiger partial charge in [0.2, 0.25) is 0 Å². The number of amides is 3. The van der Waals surface area contributed by atoms with Crippen molar-refractivity contribution < 1.29 is 9.59 Å². The van der Waals surface area contributed by atoms with Gasteiger partial charge < -0.3 is 10.6 Å². The third-order valence-corrected chi connectivity index (χ3v) is 3.96. The zero-order valence-corrected chi connectivity index (χ0v) is 16.3. The van der Waals surface area contributed by atoms with Crippen LogP contribution in [-0.4, -0.2) is 18.0 Å². The molecule has 9 heteroatoms. The predicted octanol–water partition coefficient (Wildman–Crippen LogP) is 4.93. The fourth-order valence-corrected chi connectivity index (χ4v) is 2.97. The molecule has 0 aliphatic carbocycles. The molecule has 6 nitrogen and oxygen atoms in total. The summed E-state index contributed by atoms with van der Waals surface area (Å²) in [6.45, 7) is 3.67. The lowest BCUT2D eigenvalue weighted by atomic mass is 10.1. The summed E-state index contributed by atoms with van der Waals surface area (Å²) in [4.78, 5) is 24.4. The Morgan fingerprint density at radius 3 is 2.23 bits per heavy atom. The average molecular weight is 416 g/mol. The van der Waals surface area contributed by atoms with Gasteiger partial charge in [0.25, 0.3) is 5.91 Å². The maximum absolute atomic E-state index is 12.5. The molecule has 0 fully saturated rings. The van der Waals surface area contributed by atoms with E-state index in [-0.39, 0.29) is 21.7 Å². The van der Waals surface area contributed by atoms with Crippen molar-refractivity contribution in [3.63, 3.8) is 0 Å². The van der Waals surface area contributed by atoms with E-state index in [1.165, 1.54) is 12.1 Å². The zero-order chi connectivity index (χ0) is 19.3. The van der Waals surface area contributed by atoms with E-state index in [1.54, 1.807) is 24.3 Å². The predicted molar refractivity (Wildman–Crippen MR) is 106 cm³/mol. The first-order valence-electron chi connectivity index (χ1n) is 7.65. The molecule has 0 atom stereocenters. The Balaban J connectivity index is 2.12. The average Bonchev–Trinajstić information content (AvgIpc) is 2.53. The number of hydrogen-bond donors (Lipinski definition) is 4. The maximum atomic E-state index is 12.5. The first kappa shape index (κ1) is 20.2. The molecule has 4 N–H and O–H groups in total. The number of nitrogens with one attached hydrogen (secondary N) is 4. The van der Waals surface area contributed by atoms with Gasteiger partial charge in [0.15, 0.2) is 0 Å². The third kappa shape index (κ3) is 5.42. The Hall–Kier alpha value is -2.15. The number of benzene rings is 2. The molecular formula is C17H17Cl3N4O2. The van der Waals surface area contributed by atoms with Crippen molar-refractivity contribution in [1.29, 1.82) is 0 Å². The maximum Gasteiger partial charge on any atom is 0.319 e. The SMILES string of the molecule is CC(C)NC(=O)Nc1ccccc1C(=O)NNc1c(Cl)cc(Cl)cc1Cl. The molecular weight excluding hydrogens is 399 g/mol. The van der Waals surface area contributed by atoms with Gasteiger partial charge in [-0.2, -0.15) is 0 Å². The van der Waals surface area contributed by atoms with Gasteiger partial charge in [-0.3, -0.25) is 15.6 Å². The van der Waals surface area contributed by atoms with Gasteiger partial charge in [-0.05, 0) is 38.1 Å². The Bertz CT molecular complexity index is 804. The molecule has 0 bridgehead atoms. The number of carbonyl (C=O) groups is 2. The van der Waals surface area contributed by atoms with Crippen LogP contribution in [0.1, 0.15) is 24.2 Å². The van der Waals surface area contributed by atoms with Crippen LogP contribution in [0.2, 0.25) is 15.1 Å². The largest absolute Gasteiger partial charge is 0.336 e. The zero-order valence-electron chi connectivity index (χ0n) is 14.0. The molecule has 138 valence electrons. The van der Waals surface area contributed by atoms with Crippen LogP contribution >= 0.6 is 34.8 Å². The summed E-state index contributed by atoms with van der Waals surface area (Å²) in [6, 6.07) is 9.14. The molecule has 0 saturated carbocycles. The van der Waals surface area contributed by atoms with Gasteiger partial charge in [-0.25, -0.2) is 4.79 Å². The summed E-state index contributed by atoms with van der Waals surface area (Å²) in [5.74, 6) is -0.479. The number of rotatable bonds is 5. The Morgan fingerprint density at radius 2 is 1.62 bits per heavy atom. The molecule has 0 radical (unpaired) electrons. The lowest BCUT2D eigenvalue weighted by molar-refractivity contribution is 0.0963. The van der Waals surface area contributed by atoms with Crippen LogP contribution in [0.4, 0.5) is 16.2 Å². The Labute approximate surface area is 166 Å². The first-order valence-corrected chi connectivity index (χ1v) is 8.78. The lowest BCUT2D eigenvalue weighted by Crippen LogP contribution is -2.35. The highest BCUT2D eigenvalue weighted by Crippen LogP contribution is 2.33. The number of urea groups is 1. The van der Waals surface area contributed by atoms with Crippen molar-refractivity contribution in [1.82, 2.24) is 10.7 Å². The highest BCUT2D eigenvalue weighted by atomic mass is 35.5. The molecule has 3 amide bonds. The quantitative estimate of drug-likeness (QED) is 0.522. The van der Waals surface area contributed by atoms with E-state index in [2.05, 4.69) is 21.5 Å². The highest BCUT2D eigenvalue weighted by molar-refractivity contribution is 6.41. The summed E-state index contributed by atoms with van der Waals surface area (Å²) >= 11 is 18.0. The second kappa shape index (κ2) is 8.98. The van der Waals surface area contributed by atoms with Crippen molar-refractivity contribution in [3.8, 4) is 0 Å². The Morgan fingerprint density at radius 1 is 1.00 bits per heavy atom. The van der Waals surface area contributed by atoms with Crippen LogP contribution in [0, 0.1) is 0 Å². The van der Waals surface area contributed by atoms with Crippen LogP contribution in [-0.2, 0) is 0 Å². The molecule has 0 spiro atoms. The van der Waals surface area contributed by atoms with Crippen molar-refractivity contribution in [2.45, 2.75) is 19.9 Å². The molecule has 2 aromatic carbocycles. The molecule has 0 unspecified atom stereocenters. The second-order valence-electron chi connectivity index (χ2n) is 5.62. The first-order chi connectivity index (χ1) is 12.3. The van der Waals surface area contributed by atoms with E-state index in [1.807, 2.05) is 13.8 Å².